The van der Waals surface area contributed by atoms with E-state index in [0.29, 0.717) is 21.2 Å². The number of halogens is 2. The van der Waals surface area contributed by atoms with Crippen molar-refractivity contribution >= 4 is 23.2 Å². The molecule has 0 aromatic heterocycles. The molecule has 1 unspecified atom stereocenters. The van der Waals surface area contributed by atoms with Crippen LogP contribution in [0.5, 0.6) is 0 Å². The molecule has 0 bridgehead atoms. The van der Waals surface area contributed by atoms with Gasteiger partial charge in [-0.3, -0.25) is 0 Å². The minimum atomic E-state index is -1.49. The summed E-state index contributed by atoms with van der Waals surface area (Å²) in [5.74, 6) is 0. The lowest BCUT2D eigenvalue weighted by Crippen LogP contribution is -2.38. The average molecular weight is 297 g/mol. The van der Waals surface area contributed by atoms with E-state index in [-0.39, 0.29) is 0 Å². The van der Waals surface area contributed by atoms with Crippen LogP contribution in [0.15, 0.2) is 48.5 Å². The van der Waals surface area contributed by atoms with Gasteiger partial charge in [0.15, 0.2) is 0 Å². The van der Waals surface area contributed by atoms with Gasteiger partial charge in [0.05, 0.1) is 6.10 Å². The van der Waals surface area contributed by atoms with E-state index in [9.17, 15) is 10.2 Å². The van der Waals surface area contributed by atoms with Gasteiger partial charge >= 0.3 is 0 Å². The lowest BCUT2D eigenvalue weighted by atomic mass is 9.82. The van der Waals surface area contributed by atoms with Crippen LogP contribution < -0.4 is 0 Å². The normalized spacial score (nSPS) is 13.3. The van der Waals surface area contributed by atoms with Crippen LogP contribution in [0, 0.1) is 0 Å². The van der Waals surface area contributed by atoms with Crippen molar-refractivity contribution in [1.29, 1.82) is 0 Å². The van der Waals surface area contributed by atoms with Gasteiger partial charge in [-0.15, -0.1) is 0 Å². The summed E-state index contributed by atoms with van der Waals surface area (Å²) in [6.45, 7) is 1.54. The Kier molecular flexibility index (Phi) is 4.16. The van der Waals surface area contributed by atoms with E-state index in [1.807, 2.05) is 0 Å². The molecule has 0 heterocycles. The van der Waals surface area contributed by atoms with Crippen molar-refractivity contribution in [2.24, 2.45) is 0 Å². The molecular formula is C15H14Cl2O2. The molecule has 0 radical (unpaired) electrons. The Morgan fingerprint density at radius 3 is 1.42 bits per heavy atom. The summed E-state index contributed by atoms with van der Waals surface area (Å²) in [6.07, 6.45) is -0.977. The molecule has 1 atom stereocenters. The molecule has 0 aliphatic rings. The van der Waals surface area contributed by atoms with Crippen molar-refractivity contribution in [2.75, 3.05) is 0 Å². The fourth-order valence-corrected chi connectivity index (χ4v) is 2.31. The molecule has 0 saturated carbocycles. The summed E-state index contributed by atoms with van der Waals surface area (Å²) in [6, 6.07) is 13.5. The summed E-state index contributed by atoms with van der Waals surface area (Å²) in [5.41, 5.74) is -0.335. The first-order valence-electron chi connectivity index (χ1n) is 5.87. The quantitative estimate of drug-likeness (QED) is 0.908. The maximum absolute atomic E-state index is 10.9. The van der Waals surface area contributed by atoms with E-state index >= 15 is 0 Å². The van der Waals surface area contributed by atoms with E-state index in [4.69, 9.17) is 23.2 Å². The topological polar surface area (TPSA) is 40.5 Å². The molecule has 19 heavy (non-hydrogen) atoms. The maximum Gasteiger partial charge on any atom is 0.140 e. The molecule has 0 saturated heterocycles. The molecule has 4 heteroatoms. The SMILES string of the molecule is CC(O)C(O)(c1ccc(Cl)cc1)c1ccc(Cl)cc1. The van der Waals surface area contributed by atoms with Gasteiger partial charge in [-0.05, 0) is 42.3 Å². The van der Waals surface area contributed by atoms with Gasteiger partial charge in [0.1, 0.15) is 5.60 Å². The molecule has 0 spiro atoms. The fraction of sp³-hybridized carbons (Fsp3) is 0.200. The molecule has 2 N–H and O–H groups in total. The van der Waals surface area contributed by atoms with Crippen LogP contribution in [0.25, 0.3) is 0 Å². The number of hydrogen-bond acceptors (Lipinski definition) is 2. The van der Waals surface area contributed by atoms with Crippen LogP contribution in [0.3, 0.4) is 0 Å². The van der Waals surface area contributed by atoms with Crippen molar-refractivity contribution < 1.29 is 10.2 Å². The number of aliphatic hydroxyl groups excluding tert-OH is 1. The van der Waals surface area contributed by atoms with E-state index in [0.717, 1.165) is 0 Å². The maximum atomic E-state index is 10.9. The van der Waals surface area contributed by atoms with Gasteiger partial charge in [-0.25, -0.2) is 0 Å². The van der Waals surface area contributed by atoms with Crippen LogP contribution in [0.2, 0.25) is 10.0 Å². The monoisotopic (exact) mass is 296 g/mol. The number of hydrogen-bond donors (Lipinski definition) is 2. The van der Waals surface area contributed by atoms with Crippen molar-refractivity contribution in [1.82, 2.24) is 0 Å². The third-order valence-electron chi connectivity index (χ3n) is 3.17. The lowest BCUT2D eigenvalue weighted by molar-refractivity contribution is -0.0394. The molecule has 2 aromatic rings. The van der Waals surface area contributed by atoms with Crippen molar-refractivity contribution in [3.8, 4) is 0 Å². The molecule has 0 fully saturated rings. The van der Waals surface area contributed by atoms with Crippen LogP contribution in [-0.4, -0.2) is 16.3 Å². The van der Waals surface area contributed by atoms with Crippen molar-refractivity contribution in [3.63, 3.8) is 0 Å². The Morgan fingerprint density at radius 2 is 1.16 bits per heavy atom. The highest BCUT2D eigenvalue weighted by molar-refractivity contribution is 6.30. The summed E-state index contributed by atoms with van der Waals surface area (Å²) in [7, 11) is 0. The van der Waals surface area contributed by atoms with Crippen LogP contribution >= 0.6 is 23.2 Å². The summed E-state index contributed by atoms with van der Waals surface area (Å²) >= 11 is 11.7. The van der Waals surface area contributed by atoms with Gasteiger partial charge in [-0.2, -0.15) is 0 Å². The largest absolute Gasteiger partial charge is 0.390 e. The molecule has 2 nitrogen and oxygen atoms in total. The van der Waals surface area contributed by atoms with E-state index in [1.165, 1.54) is 0 Å². The number of benzene rings is 2. The Balaban J connectivity index is 2.54. The molecule has 2 aromatic carbocycles. The highest BCUT2D eigenvalue weighted by atomic mass is 35.5. The van der Waals surface area contributed by atoms with Gasteiger partial charge in [-0.1, -0.05) is 47.5 Å². The second-order valence-corrected chi connectivity index (χ2v) is 5.33. The Labute approximate surface area is 122 Å². The molecule has 0 aliphatic carbocycles. The second-order valence-electron chi connectivity index (χ2n) is 4.46. The predicted octanol–water partition coefficient (Wildman–Crippen LogP) is 3.61. The molecule has 100 valence electrons. The Hall–Kier alpha value is -1.06. The van der Waals surface area contributed by atoms with E-state index in [1.54, 1.807) is 55.5 Å². The van der Waals surface area contributed by atoms with Gasteiger partial charge in [0.25, 0.3) is 0 Å². The van der Waals surface area contributed by atoms with Crippen molar-refractivity contribution in [3.05, 3.63) is 69.7 Å². The van der Waals surface area contributed by atoms with Gasteiger partial charge < -0.3 is 10.2 Å². The molecule has 0 aliphatic heterocycles. The zero-order valence-corrected chi connectivity index (χ0v) is 11.9. The smallest absolute Gasteiger partial charge is 0.140 e. The second kappa shape index (κ2) is 5.51. The Bertz CT molecular complexity index is 502. The first-order chi connectivity index (χ1) is 8.94. The summed E-state index contributed by atoms with van der Waals surface area (Å²) in [5, 5.41) is 22.0. The van der Waals surface area contributed by atoms with Crippen LogP contribution in [-0.2, 0) is 5.60 Å². The molecular weight excluding hydrogens is 283 g/mol. The molecule has 2 rings (SSSR count). The van der Waals surface area contributed by atoms with Crippen molar-refractivity contribution in [2.45, 2.75) is 18.6 Å². The predicted molar refractivity (Wildman–Crippen MR) is 77.6 cm³/mol. The zero-order chi connectivity index (χ0) is 14.0. The first kappa shape index (κ1) is 14.4. The third kappa shape index (κ3) is 2.77. The standard InChI is InChI=1S/C15H14Cl2O2/c1-10(18)15(19,11-2-6-13(16)7-3-11)12-4-8-14(17)9-5-12/h2-10,18-19H,1H3. The third-order valence-corrected chi connectivity index (χ3v) is 3.68. The minimum Gasteiger partial charge on any atom is -0.390 e. The Morgan fingerprint density at radius 1 is 0.842 bits per heavy atom. The highest BCUT2D eigenvalue weighted by Crippen LogP contribution is 2.34. The molecule has 0 amide bonds. The van der Waals surface area contributed by atoms with Gasteiger partial charge in [0, 0.05) is 10.0 Å². The summed E-state index contributed by atoms with van der Waals surface area (Å²) in [4.78, 5) is 0. The van der Waals surface area contributed by atoms with Gasteiger partial charge in [0.2, 0.25) is 0 Å². The first-order valence-corrected chi connectivity index (χ1v) is 6.62. The highest BCUT2D eigenvalue weighted by Gasteiger charge is 2.36. The van der Waals surface area contributed by atoms with E-state index < -0.39 is 11.7 Å². The minimum absolute atomic E-state index is 0.577. The fourth-order valence-electron chi connectivity index (χ4n) is 2.06. The van der Waals surface area contributed by atoms with Crippen LogP contribution in [0.4, 0.5) is 0 Å². The number of aliphatic hydroxyl groups is 2. The lowest BCUT2D eigenvalue weighted by Gasteiger charge is -2.32. The summed E-state index contributed by atoms with van der Waals surface area (Å²) < 4.78 is 0. The number of rotatable bonds is 3. The van der Waals surface area contributed by atoms with Crippen LogP contribution in [0.1, 0.15) is 18.1 Å². The van der Waals surface area contributed by atoms with E-state index in [2.05, 4.69) is 0 Å². The zero-order valence-electron chi connectivity index (χ0n) is 10.3. The average Bonchev–Trinajstić information content (AvgIpc) is 2.39.